The SMILES string of the molecule is CNCCN(C)CC1CCC(C(F)(F)F)CC1. The molecule has 1 aliphatic carbocycles. The van der Waals surface area contributed by atoms with Gasteiger partial charge in [-0.2, -0.15) is 13.2 Å². The molecule has 1 N–H and O–H groups in total. The van der Waals surface area contributed by atoms with Gasteiger partial charge in [-0.15, -0.1) is 0 Å². The summed E-state index contributed by atoms with van der Waals surface area (Å²) >= 11 is 0. The summed E-state index contributed by atoms with van der Waals surface area (Å²) in [4.78, 5) is 2.20. The lowest BCUT2D eigenvalue weighted by Crippen LogP contribution is -2.35. The van der Waals surface area contributed by atoms with Gasteiger partial charge in [0.05, 0.1) is 5.92 Å². The Labute approximate surface area is 102 Å². The Kier molecular flexibility index (Phi) is 5.73. The molecule has 0 spiro atoms. The van der Waals surface area contributed by atoms with Gasteiger partial charge in [0, 0.05) is 19.6 Å². The molecule has 17 heavy (non-hydrogen) atoms. The zero-order chi connectivity index (χ0) is 12.9. The van der Waals surface area contributed by atoms with Crippen LogP contribution in [0.15, 0.2) is 0 Å². The van der Waals surface area contributed by atoms with Crippen LogP contribution in [0.5, 0.6) is 0 Å². The number of alkyl halides is 3. The van der Waals surface area contributed by atoms with Crippen LogP contribution in [0.4, 0.5) is 13.2 Å². The minimum atomic E-state index is -3.98. The van der Waals surface area contributed by atoms with Crippen LogP contribution in [-0.2, 0) is 0 Å². The van der Waals surface area contributed by atoms with Crippen LogP contribution in [0, 0.1) is 11.8 Å². The van der Waals surface area contributed by atoms with E-state index in [-0.39, 0.29) is 0 Å². The molecule has 0 amide bonds. The van der Waals surface area contributed by atoms with Crippen LogP contribution < -0.4 is 5.32 Å². The number of hydrogen-bond acceptors (Lipinski definition) is 2. The van der Waals surface area contributed by atoms with Crippen LogP contribution in [0.3, 0.4) is 0 Å². The number of halogens is 3. The van der Waals surface area contributed by atoms with E-state index in [1.807, 2.05) is 14.1 Å². The monoisotopic (exact) mass is 252 g/mol. The predicted molar refractivity (Wildman–Crippen MR) is 62.9 cm³/mol. The molecular formula is C12H23F3N2. The molecule has 0 heterocycles. The normalized spacial score (nSPS) is 26.5. The first-order valence-corrected chi connectivity index (χ1v) is 6.33. The highest BCUT2D eigenvalue weighted by molar-refractivity contribution is 4.78. The van der Waals surface area contributed by atoms with Crippen LogP contribution in [0.1, 0.15) is 25.7 Å². The third-order valence-electron chi connectivity index (χ3n) is 3.62. The highest BCUT2D eigenvalue weighted by Gasteiger charge is 2.41. The van der Waals surface area contributed by atoms with E-state index in [0.717, 1.165) is 19.6 Å². The summed E-state index contributed by atoms with van der Waals surface area (Å²) in [6.45, 7) is 2.80. The van der Waals surface area contributed by atoms with Crippen molar-refractivity contribution in [2.75, 3.05) is 33.7 Å². The van der Waals surface area contributed by atoms with Crippen molar-refractivity contribution in [2.24, 2.45) is 11.8 Å². The maximum Gasteiger partial charge on any atom is 0.391 e. The van der Waals surface area contributed by atoms with Crippen molar-refractivity contribution in [3.05, 3.63) is 0 Å². The van der Waals surface area contributed by atoms with Crippen LogP contribution >= 0.6 is 0 Å². The highest BCUT2D eigenvalue weighted by Crippen LogP contribution is 2.39. The van der Waals surface area contributed by atoms with Crippen molar-refractivity contribution in [2.45, 2.75) is 31.9 Å². The van der Waals surface area contributed by atoms with E-state index in [0.29, 0.717) is 31.6 Å². The van der Waals surface area contributed by atoms with Gasteiger partial charge in [0.2, 0.25) is 0 Å². The van der Waals surface area contributed by atoms with Gasteiger partial charge in [0.1, 0.15) is 0 Å². The lowest BCUT2D eigenvalue weighted by atomic mass is 9.81. The van der Waals surface area contributed by atoms with Gasteiger partial charge >= 0.3 is 6.18 Å². The molecule has 0 unspecified atom stereocenters. The third kappa shape index (κ3) is 5.25. The van der Waals surface area contributed by atoms with Crippen molar-refractivity contribution < 1.29 is 13.2 Å². The molecule has 1 rings (SSSR count). The fourth-order valence-corrected chi connectivity index (χ4v) is 2.51. The fraction of sp³-hybridized carbons (Fsp3) is 1.00. The third-order valence-corrected chi connectivity index (χ3v) is 3.62. The molecule has 102 valence electrons. The Morgan fingerprint density at radius 1 is 1.18 bits per heavy atom. The maximum absolute atomic E-state index is 12.5. The van der Waals surface area contributed by atoms with Gasteiger partial charge in [0.25, 0.3) is 0 Å². The summed E-state index contributed by atoms with van der Waals surface area (Å²) in [7, 11) is 3.94. The predicted octanol–water partition coefficient (Wildman–Crippen LogP) is 2.51. The first kappa shape index (κ1) is 14.8. The summed E-state index contributed by atoms with van der Waals surface area (Å²) in [5.41, 5.74) is 0. The quantitative estimate of drug-likeness (QED) is 0.808. The van der Waals surface area contributed by atoms with E-state index in [9.17, 15) is 13.2 Å². The zero-order valence-corrected chi connectivity index (χ0v) is 10.7. The largest absolute Gasteiger partial charge is 0.391 e. The standard InChI is InChI=1S/C12H23F3N2/c1-16-7-8-17(2)9-10-3-5-11(6-4-10)12(13,14)15/h10-11,16H,3-9H2,1-2H3. The molecule has 5 heteroatoms. The summed E-state index contributed by atoms with van der Waals surface area (Å²) in [6, 6.07) is 0. The molecule has 0 bridgehead atoms. The lowest BCUT2D eigenvalue weighted by molar-refractivity contribution is -0.184. The van der Waals surface area contributed by atoms with Gasteiger partial charge < -0.3 is 10.2 Å². The lowest BCUT2D eigenvalue weighted by Gasteiger charge is -2.32. The van der Waals surface area contributed by atoms with Crippen molar-refractivity contribution in [1.29, 1.82) is 0 Å². The van der Waals surface area contributed by atoms with E-state index in [2.05, 4.69) is 10.2 Å². The molecule has 2 nitrogen and oxygen atoms in total. The first-order valence-electron chi connectivity index (χ1n) is 6.33. The second-order valence-corrected chi connectivity index (χ2v) is 5.13. The molecule has 0 aliphatic heterocycles. The number of nitrogens with one attached hydrogen (secondary N) is 1. The van der Waals surface area contributed by atoms with E-state index in [1.54, 1.807) is 0 Å². The Balaban J connectivity index is 2.23. The molecule has 1 saturated carbocycles. The smallest absolute Gasteiger partial charge is 0.318 e. The molecule has 1 fully saturated rings. The van der Waals surface area contributed by atoms with Crippen molar-refractivity contribution in [1.82, 2.24) is 10.2 Å². The second kappa shape index (κ2) is 6.59. The number of nitrogens with zero attached hydrogens (tertiary/aromatic N) is 1. The molecule has 0 atom stereocenters. The molecule has 0 radical (unpaired) electrons. The average molecular weight is 252 g/mol. The summed E-state index contributed by atoms with van der Waals surface area (Å²) in [5.74, 6) is -0.614. The van der Waals surface area contributed by atoms with Gasteiger partial charge in [0.15, 0.2) is 0 Å². The number of hydrogen-bond donors (Lipinski definition) is 1. The van der Waals surface area contributed by atoms with E-state index < -0.39 is 12.1 Å². The van der Waals surface area contributed by atoms with Gasteiger partial charge in [-0.05, 0) is 45.7 Å². The van der Waals surface area contributed by atoms with Crippen LogP contribution in [0.25, 0.3) is 0 Å². The Bertz CT molecular complexity index is 210. The average Bonchev–Trinajstić information content (AvgIpc) is 2.26. The number of rotatable bonds is 5. The molecule has 0 aromatic heterocycles. The first-order chi connectivity index (χ1) is 7.93. The minimum absolute atomic E-state index is 0.314. The summed E-state index contributed by atoms with van der Waals surface area (Å²) < 4.78 is 37.4. The van der Waals surface area contributed by atoms with E-state index in [1.165, 1.54) is 0 Å². The van der Waals surface area contributed by atoms with Gasteiger partial charge in [-0.1, -0.05) is 0 Å². The molecule has 0 aromatic rings. The van der Waals surface area contributed by atoms with E-state index in [4.69, 9.17) is 0 Å². The fourth-order valence-electron chi connectivity index (χ4n) is 2.51. The summed E-state index contributed by atoms with van der Waals surface area (Å²) in [5, 5.41) is 3.07. The topological polar surface area (TPSA) is 15.3 Å². The molecule has 0 saturated heterocycles. The van der Waals surface area contributed by atoms with Gasteiger partial charge in [-0.3, -0.25) is 0 Å². The van der Waals surface area contributed by atoms with E-state index >= 15 is 0 Å². The van der Waals surface area contributed by atoms with Crippen LogP contribution in [0.2, 0.25) is 0 Å². The number of likely N-dealkylation sites (N-methyl/N-ethyl adjacent to an activating group) is 2. The Morgan fingerprint density at radius 2 is 1.76 bits per heavy atom. The summed E-state index contributed by atoms with van der Waals surface area (Å²) in [6.07, 6.45) is -1.92. The zero-order valence-electron chi connectivity index (χ0n) is 10.7. The van der Waals surface area contributed by atoms with Gasteiger partial charge in [-0.25, -0.2) is 0 Å². The van der Waals surface area contributed by atoms with Crippen molar-refractivity contribution >= 4 is 0 Å². The minimum Gasteiger partial charge on any atom is -0.318 e. The molecule has 1 aliphatic rings. The Hall–Kier alpha value is -0.290. The highest BCUT2D eigenvalue weighted by atomic mass is 19.4. The Morgan fingerprint density at radius 3 is 2.24 bits per heavy atom. The maximum atomic E-state index is 12.5. The molecule has 0 aromatic carbocycles. The van der Waals surface area contributed by atoms with Crippen molar-refractivity contribution in [3.8, 4) is 0 Å². The van der Waals surface area contributed by atoms with Crippen molar-refractivity contribution in [3.63, 3.8) is 0 Å². The second-order valence-electron chi connectivity index (χ2n) is 5.13. The van der Waals surface area contributed by atoms with Crippen LogP contribution in [-0.4, -0.2) is 44.8 Å². The molecular weight excluding hydrogens is 229 g/mol.